The SMILES string of the molecule is CC1(C(=O)O)CC(C(=O)O)=CC=C1C(=O)c1ccccc1.O=c1cc[nH][nH]1. The van der Waals surface area contributed by atoms with Gasteiger partial charge in [-0.2, -0.15) is 0 Å². The maximum absolute atomic E-state index is 12.5. The Bertz CT molecular complexity index is 951. The number of hydrogen-bond acceptors (Lipinski definition) is 4. The zero-order chi connectivity index (χ0) is 20.0. The summed E-state index contributed by atoms with van der Waals surface area (Å²) < 4.78 is 0. The third-order valence-corrected chi connectivity index (χ3v) is 4.13. The minimum atomic E-state index is -1.55. The zero-order valence-electron chi connectivity index (χ0n) is 14.4. The van der Waals surface area contributed by atoms with Crippen molar-refractivity contribution in [3.8, 4) is 0 Å². The minimum Gasteiger partial charge on any atom is -0.481 e. The predicted octanol–water partition coefficient (Wildman–Crippen LogP) is 2.00. The van der Waals surface area contributed by atoms with E-state index in [9.17, 15) is 24.3 Å². The molecule has 8 nitrogen and oxygen atoms in total. The van der Waals surface area contributed by atoms with Crippen molar-refractivity contribution in [3.63, 3.8) is 0 Å². The van der Waals surface area contributed by atoms with E-state index in [0.717, 1.165) is 0 Å². The van der Waals surface area contributed by atoms with Crippen LogP contribution in [0.4, 0.5) is 0 Å². The Balaban J connectivity index is 0.000000369. The first-order valence-corrected chi connectivity index (χ1v) is 7.95. The van der Waals surface area contributed by atoms with Crippen LogP contribution in [-0.2, 0) is 9.59 Å². The van der Waals surface area contributed by atoms with Crippen molar-refractivity contribution in [2.75, 3.05) is 0 Å². The smallest absolute Gasteiger partial charge is 0.331 e. The van der Waals surface area contributed by atoms with E-state index in [4.69, 9.17) is 5.11 Å². The van der Waals surface area contributed by atoms with E-state index in [0.29, 0.717) is 5.56 Å². The summed E-state index contributed by atoms with van der Waals surface area (Å²) in [5.41, 5.74) is -1.19. The third kappa shape index (κ3) is 4.49. The van der Waals surface area contributed by atoms with Crippen molar-refractivity contribution >= 4 is 17.7 Å². The van der Waals surface area contributed by atoms with Crippen LogP contribution in [0.3, 0.4) is 0 Å². The van der Waals surface area contributed by atoms with Crippen molar-refractivity contribution in [2.24, 2.45) is 5.41 Å². The molecule has 8 heteroatoms. The maximum atomic E-state index is 12.5. The fourth-order valence-corrected chi connectivity index (χ4v) is 2.58. The maximum Gasteiger partial charge on any atom is 0.331 e. The lowest BCUT2D eigenvalue weighted by atomic mass is 9.71. The molecule has 0 radical (unpaired) electrons. The molecule has 1 aromatic heterocycles. The molecule has 0 aliphatic heterocycles. The van der Waals surface area contributed by atoms with Gasteiger partial charge in [0, 0.05) is 29.0 Å². The number of rotatable bonds is 4. The zero-order valence-corrected chi connectivity index (χ0v) is 14.4. The molecular formula is C19H18N2O6. The van der Waals surface area contributed by atoms with Gasteiger partial charge >= 0.3 is 11.9 Å². The van der Waals surface area contributed by atoms with Gasteiger partial charge in [0.25, 0.3) is 5.56 Å². The highest BCUT2D eigenvalue weighted by atomic mass is 16.4. The van der Waals surface area contributed by atoms with E-state index in [1.54, 1.807) is 36.5 Å². The van der Waals surface area contributed by atoms with E-state index in [1.165, 1.54) is 25.1 Å². The van der Waals surface area contributed by atoms with Crippen LogP contribution in [0.2, 0.25) is 0 Å². The molecule has 1 aliphatic rings. The van der Waals surface area contributed by atoms with E-state index < -0.39 is 23.1 Å². The van der Waals surface area contributed by atoms with E-state index in [2.05, 4.69) is 10.2 Å². The van der Waals surface area contributed by atoms with Crippen LogP contribution in [-0.4, -0.2) is 38.1 Å². The molecule has 1 heterocycles. The number of carbonyl (C=O) groups excluding carboxylic acids is 1. The molecular weight excluding hydrogens is 352 g/mol. The number of allylic oxidation sites excluding steroid dienone is 2. The van der Waals surface area contributed by atoms with Gasteiger partial charge in [-0.1, -0.05) is 42.5 Å². The monoisotopic (exact) mass is 370 g/mol. The van der Waals surface area contributed by atoms with Crippen molar-refractivity contribution in [3.05, 3.63) is 81.8 Å². The van der Waals surface area contributed by atoms with Crippen LogP contribution in [0.1, 0.15) is 23.7 Å². The van der Waals surface area contributed by atoms with Gasteiger partial charge in [-0.05, 0) is 13.3 Å². The fourth-order valence-electron chi connectivity index (χ4n) is 2.58. The number of hydrogen-bond donors (Lipinski definition) is 4. The number of aromatic amines is 2. The van der Waals surface area contributed by atoms with Crippen molar-refractivity contribution in [1.82, 2.24) is 10.2 Å². The normalized spacial score (nSPS) is 18.4. The van der Waals surface area contributed by atoms with Gasteiger partial charge < -0.3 is 15.3 Å². The molecule has 1 unspecified atom stereocenters. The van der Waals surface area contributed by atoms with Crippen LogP contribution < -0.4 is 5.56 Å². The number of carbonyl (C=O) groups is 3. The largest absolute Gasteiger partial charge is 0.481 e. The second-order valence-electron chi connectivity index (χ2n) is 6.05. The molecule has 140 valence electrons. The molecule has 0 bridgehead atoms. The number of H-pyrrole nitrogens is 2. The lowest BCUT2D eigenvalue weighted by Gasteiger charge is -2.29. The predicted molar refractivity (Wildman–Crippen MR) is 96.3 cm³/mol. The number of nitrogens with one attached hydrogen (secondary N) is 2. The highest BCUT2D eigenvalue weighted by Gasteiger charge is 2.43. The summed E-state index contributed by atoms with van der Waals surface area (Å²) in [4.78, 5) is 45.1. The second kappa shape index (κ2) is 8.13. The number of carboxylic acids is 2. The number of carboxylic acid groups (broad SMARTS) is 2. The van der Waals surface area contributed by atoms with Crippen molar-refractivity contribution < 1.29 is 24.6 Å². The van der Waals surface area contributed by atoms with Crippen LogP contribution in [0, 0.1) is 5.41 Å². The molecule has 1 atom stereocenters. The summed E-state index contributed by atoms with van der Waals surface area (Å²) in [5, 5.41) is 23.3. The minimum absolute atomic E-state index is 0.0236. The van der Waals surface area contributed by atoms with Crippen molar-refractivity contribution in [1.29, 1.82) is 0 Å². The molecule has 4 N–H and O–H groups in total. The van der Waals surface area contributed by atoms with Crippen molar-refractivity contribution in [2.45, 2.75) is 13.3 Å². The molecule has 0 amide bonds. The van der Waals surface area contributed by atoms with Gasteiger partial charge in [-0.25, -0.2) is 4.79 Å². The second-order valence-corrected chi connectivity index (χ2v) is 6.05. The quantitative estimate of drug-likeness (QED) is 0.607. The van der Waals surface area contributed by atoms with Crippen LogP contribution in [0.5, 0.6) is 0 Å². The van der Waals surface area contributed by atoms with Gasteiger partial charge in [0.2, 0.25) is 0 Å². The number of Topliss-reactive ketones (excluding diaryl/α,β-unsaturated/α-hetero) is 1. The Morgan fingerprint density at radius 2 is 1.70 bits per heavy atom. The van der Waals surface area contributed by atoms with Gasteiger partial charge in [-0.3, -0.25) is 19.5 Å². The van der Waals surface area contributed by atoms with Crippen LogP contribution in [0.25, 0.3) is 0 Å². The Morgan fingerprint density at radius 3 is 2.15 bits per heavy atom. The molecule has 27 heavy (non-hydrogen) atoms. The summed E-state index contributed by atoms with van der Waals surface area (Å²) in [6.07, 6.45) is 3.92. The van der Waals surface area contributed by atoms with E-state index in [1.807, 2.05) is 0 Å². The average molecular weight is 370 g/mol. The Morgan fingerprint density at radius 1 is 1.04 bits per heavy atom. The van der Waals surface area contributed by atoms with Gasteiger partial charge in [-0.15, -0.1) is 0 Å². The molecule has 2 aromatic rings. The summed E-state index contributed by atoms with van der Waals surface area (Å²) in [5.74, 6) is -2.80. The molecule has 1 aliphatic carbocycles. The Hall–Kier alpha value is -3.68. The lowest BCUT2D eigenvalue weighted by Crippen LogP contribution is -2.36. The summed E-state index contributed by atoms with van der Waals surface area (Å²) >= 11 is 0. The molecule has 0 saturated heterocycles. The topological polar surface area (TPSA) is 140 Å². The molecule has 0 saturated carbocycles. The van der Waals surface area contributed by atoms with E-state index >= 15 is 0 Å². The summed E-state index contributed by atoms with van der Waals surface area (Å²) in [6, 6.07) is 9.75. The molecule has 3 rings (SSSR count). The average Bonchev–Trinajstić information content (AvgIpc) is 3.13. The molecule has 0 spiro atoms. The third-order valence-electron chi connectivity index (χ3n) is 4.13. The summed E-state index contributed by atoms with van der Waals surface area (Å²) in [7, 11) is 0. The number of benzene rings is 1. The number of aromatic nitrogens is 2. The highest BCUT2D eigenvalue weighted by molar-refractivity contribution is 6.13. The standard InChI is InChI=1S/C16H14O5.C3H4N2O/c1-16(15(20)21)9-11(14(18)19)7-8-12(16)13(17)10-5-3-2-4-6-10;6-3-1-2-4-5-3/h2-8H,9H2,1H3,(H,18,19)(H,20,21);1-2H,(H2,4,5,6). The number of aliphatic carboxylic acids is 2. The van der Waals surface area contributed by atoms with Crippen LogP contribution in [0.15, 0.2) is 70.7 Å². The Labute approximate surface area is 153 Å². The molecule has 0 fully saturated rings. The first kappa shape index (κ1) is 19.6. The first-order chi connectivity index (χ1) is 12.8. The van der Waals surface area contributed by atoms with Crippen LogP contribution >= 0.6 is 0 Å². The Kier molecular flexibility index (Phi) is 5.92. The number of ketones is 1. The summed E-state index contributed by atoms with van der Waals surface area (Å²) in [6.45, 7) is 1.37. The molecule has 1 aromatic carbocycles. The first-order valence-electron chi connectivity index (χ1n) is 7.95. The fraction of sp³-hybridized carbons (Fsp3) is 0.158. The van der Waals surface area contributed by atoms with Gasteiger partial charge in [0.05, 0.1) is 5.41 Å². The highest BCUT2D eigenvalue weighted by Crippen LogP contribution is 2.39. The van der Waals surface area contributed by atoms with Gasteiger partial charge in [0.1, 0.15) is 0 Å². The lowest BCUT2D eigenvalue weighted by molar-refractivity contribution is -0.145. The van der Waals surface area contributed by atoms with E-state index in [-0.39, 0.29) is 23.1 Å². The van der Waals surface area contributed by atoms with Gasteiger partial charge in [0.15, 0.2) is 5.78 Å².